The van der Waals surface area contributed by atoms with Gasteiger partial charge >= 0.3 is 0 Å². The molecule has 0 amide bonds. The molecule has 1 atom stereocenters. The Hall–Kier alpha value is -2.66. The van der Waals surface area contributed by atoms with Gasteiger partial charge in [0.15, 0.2) is 5.65 Å². The summed E-state index contributed by atoms with van der Waals surface area (Å²) in [6.07, 6.45) is 4.00. The van der Waals surface area contributed by atoms with E-state index in [1.54, 1.807) is 0 Å². The van der Waals surface area contributed by atoms with Crippen molar-refractivity contribution in [2.24, 2.45) is 0 Å². The standard InChI is InChI=1S/C24H30N4O/c1-7-8-19(13-29)27-10-9-20-17(5)25-23-22(18(6)26-28(23)24(20)27)21-15(3)11-14(2)12-16(21)4/h9-12,19,29H,7-8,13H2,1-6H3. The summed E-state index contributed by atoms with van der Waals surface area (Å²) in [6.45, 7) is 12.8. The van der Waals surface area contributed by atoms with Gasteiger partial charge in [-0.3, -0.25) is 0 Å². The maximum absolute atomic E-state index is 10.0. The highest BCUT2D eigenvalue weighted by molar-refractivity contribution is 5.89. The first-order valence-corrected chi connectivity index (χ1v) is 10.4. The largest absolute Gasteiger partial charge is 0.394 e. The smallest absolute Gasteiger partial charge is 0.165 e. The molecular weight excluding hydrogens is 360 g/mol. The number of aromatic nitrogens is 4. The summed E-state index contributed by atoms with van der Waals surface area (Å²) in [5.41, 5.74) is 9.94. The van der Waals surface area contributed by atoms with Crippen LogP contribution in [0, 0.1) is 34.6 Å². The number of benzene rings is 1. The summed E-state index contributed by atoms with van der Waals surface area (Å²) in [7, 11) is 0. The Morgan fingerprint density at radius 3 is 2.31 bits per heavy atom. The number of hydrogen-bond acceptors (Lipinski definition) is 3. The molecule has 0 fully saturated rings. The zero-order valence-electron chi connectivity index (χ0n) is 18.2. The fourth-order valence-corrected chi connectivity index (χ4v) is 4.74. The van der Waals surface area contributed by atoms with Gasteiger partial charge in [0.1, 0.15) is 5.65 Å². The highest BCUT2D eigenvalue weighted by Gasteiger charge is 2.22. The van der Waals surface area contributed by atoms with Gasteiger partial charge in [-0.25, -0.2) is 4.98 Å². The van der Waals surface area contributed by atoms with Gasteiger partial charge in [0.2, 0.25) is 0 Å². The van der Waals surface area contributed by atoms with Crippen molar-refractivity contribution in [3.63, 3.8) is 0 Å². The summed E-state index contributed by atoms with van der Waals surface area (Å²) in [5, 5.41) is 16.0. The van der Waals surface area contributed by atoms with Crippen LogP contribution in [0.15, 0.2) is 24.4 Å². The highest BCUT2D eigenvalue weighted by Crippen LogP contribution is 2.36. The van der Waals surface area contributed by atoms with Gasteiger partial charge in [-0.1, -0.05) is 31.0 Å². The van der Waals surface area contributed by atoms with Crippen molar-refractivity contribution >= 4 is 16.7 Å². The minimum atomic E-state index is 0.0401. The van der Waals surface area contributed by atoms with Gasteiger partial charge in [-0.2, -0.15) is 9.61 Å². The van der Waals surface area contributed by atoms with Crippen LogP contribution in [-0.4, -0.2) is 30.9 Å². The molecule has 3 heterocycles. The van der Waals surface area contributed by atoms with Crippen molar-refractivity contribution in [2.45, 2.75) is 60.4 Å². The molecule has 5 nitrogen and oxygen atoms in total. The second-order valence-electron chi connectivity index (χ2n) is 8.25. The molecule has 0 saturated carbocycles. The van der Waals surface area contributed by atoms with E-state index in [9.17, 15) is 5.11 Å². The summed E-state index contributed by atoms with van der Waals surface area (Å²) < 4.78 is 4.15. The van der Waals surface area contributed by atoms with Crippen LogP contribution >= 0.6 is 0 Å². The lowest BCUT2D eigenvalue weighted by atomic mass is 9.94. The number of aryl methyl sites for hydroxylation is 5. The zero-order chi connectivity index (χ0) is 20.9. The topological polar surface area (TPSA) is 55.3 Å². The van der Waals surface area contributed by atoms with Crippen LogP contribution in [0.1, 0.15) is 53.9 Å². The Bertz CT molecular complexity index is 1190. The molecule has 152 valence electrons. The van der Waals surface area contributed by atoms with Gasteiger partial charge in [0.25, 0.3) is 0 Å². The Labute approximate surface area is 172 Å². The van der Waals surface area contributed by atoms with E-state index in [0.29, 0.717) is 0 Å². The van der Waals surface area contributed by atoms with Crippen molar-refractivity contribution < 1.29 is 5.11 Å². The molecule has 3 aromatic heterocycles. The molecule has 0 bridgehead atoms. The number of aliphatic hydroxyl groups excluding tert-OH is 1. The van der Waals surface area contributed by atoms with Crippen LogP contribution in [0.4, 0.5) is 0 Å². The number of fused-ring (bicyclic) bond motifs is 3. The van der Waals surface area contributed by atoms with Crippen LogP contribution in [0.5, 0.6) is 0 Å². The van der Waals surface area contributed by atoms with Crippen molar-refractivity contribution in [2.75, 3.05) is 6.61 Å². The summed E-state index contributed by atoms with van der Waals surface area (Å²) in [4.78, 5) is 4.97. The summed E-state index contributed by atoms with van der Waals surface area (Å²) in [6, 6.07) is 6.58. The molecule has 5 heteroatoms. The van der Waals surface area contributed by atoms with Crippen molar-refractivity contribution in [1.82, 2.24) is 19.2 Å². The Balaban J connectivity index is 2.08. The molecule has 1 unspecified atom stereocenters. The monoisotopic (exact) mass is 390 g/mol. The lowest BCUT2D eigenvalue weighted by Crippen LogP contribution is -2.14. The Kier molecular flexibility index (Phi) is 4.95. The van der Waals surface area contributed by atoms with Crippen LogP contribution in [-0.2, 0) is 0 Å². The van der Waals surface area contributed by atoms with E-state index in [2.05, 4.69) is 70.5 Å². The number of rotatable bonds is 5. The van der Waals surface area contributed by atoms with Crippen molar-refractivity contribution in [3.8, 4) is 11.1 Å². The van der Waals surface area contributed by atoms with E-state index in [0.717, 1.165) is 46.5 Å². The quantitative estimate of drug-likeness (QED) is 0.508. The van der Waals surface area contributed by atoms with E-state index >= 15 is 0 Å². The van der Waals surface area contributed by atoms with Gasteiger partial charge in [-0.05, 0) is 63.8 Å². The predicted molar refractivity (Wildman–Crippen MR) is 119 cm³/mol. The van der Waals surface area contributed by atoms with Crippen molar-refractivity contribution in [3.05, 3.63) is 52.5 Å². The fraction of sp³-hybridized carbons (Fsp3) is 0.417. The normalized spacial score (nSPS) is 12.9. The van der Waals surface area contributed by atoms with Gasteiger partial charge in [0.05, 0.1) is 29.6 Å². The summed E-state index contributed by atoms with van der Waals surface area (Å²) >= 11 is 0. The second-order valence-corrected chi connectivity index (χ2v) is 8.25. The first kappa shape index (κ1) is 19.6. The molecule has 0 aliphatic carbocycles. The number of hydrogen-bond donors (Lipinski definition) is 1. The van der Waals surface area contributed by atoms with E-state index in [1.165, 1.54) is 22.3 Å². The van der Waals surface area contributed by atoms with Gasteiger partial charge in [0, 0.05) is 11.6 Å². The highest BCUT2D eigenvalue weighted by atomic mass is 16.3. The van der Waals surface area contributed by atoms with E-state index in [-0.39, 0.29) is 12.6 Å². The first-order valence-electron chi connectivity index (χ1n) is 10.4. The first-order chi connectivity index (χ1) is 13.9. The lowest BCUT2D eigenvalue weighted by molar-refractivity contribution is 0.222. The van der Waals surface area contributed by atoms with Crippen LogP contribution in [0.25, 0.3) is 27.8 Å². The van der Waals surface area contributed by atoms with Gasteiger partial charge in [-0.15, -0.1) is 0 Å². The lowest BCUT2D eigenvalue weighted by Gasteiger charge is -2.17. The molecule has 0 saturated heterocycles. The maximum Gasteiger partial charge on any atom is 0.165 e. The van der Waals surface area contributed by atoms with E-state index < -0.39 is 0 Å². The molecule has 4 rings (SSSR count). The molecule has 1 aromatic carbocycles. The molecule has 0 spiro atoms. The Morgan fingerprint density at radius 2 is 1.69 bits per heavy atom. The molecule has 4 aromatic rings. The SMILES string of the molecule is CCCC(CO)n1ccc2c(C)nc3c(-c4c(C)cc(C)cc4C)c(C)nn3c21. The summed E-state index contributed by atoms with van der Waals surface area (Å²) in [5.74, 6) is 0. The van der Waals surface area contributed by atoms with E-state index in [1.807, 2.05) is 4.52 Å². The fourth-order valence-electron chi connectivity index (χ4n) is 4.74. The average Bonchev–Trinajstić information content (AvgIpc) is 3.22. The minimum absolute atomic E-state index is 0.0401. The molecular formula is C24H30N4O. The third-order valence-corrected chi connectivity index (χ3v) is 5.94. The molecule has 1 N–H and O–H groups in total. The molecule has 29 heavy (non-hydrogen) atoms. The number of aliphatic hydroxyl groups is 1. The van der Waals surface area contributed by atoms with Crippen LogP contribution < -0.4 is 0 Å². The van der Waals surface area contributed by atoms with Crippen molar-refractivity contribution in [1.29, 1.82) is 0 Å². The molecule has 0 aliphatic heterocycles. The predicted octanol–water partition coefficient (Wildman–Crippen LogP) is 5.23. The van der Waals surface area contributed by atoms with Crippen LogP contribution in [0.2, 0.25) is 0 Å². The Morgan fingerprint density at radius 1 is 1.00 bits per heavy atom. The maximum atomic E-state index is 10.0. The minimum Gasteiger partial charge on any atom is -0.394 e. The zero-order valence-corrected chi connectivity index (χ0v) is 18.2. The third-order valence-electron chi connectivity index (χ3n) is 5.94. The molecule has 0 aliphatic rings. The molecule has 0 radical (unpaired) electrons. The second kappa shape index (κ2) is 7.30. The van der Waals surface area contributed by atoms with Gasteiger partial charge < -0.3 is 9.67 Å². The average molecular weight is 391 g/mol. The van der Waals surface area contributed by atoms with Crippen LogP contribution in [0.3, 0.4) is 0 Å². The third kappa shape index (κ3) is 3.04. The number of nitrogens with zero attached hydrogens (tertiary/aromatic N) is 4. The van der Waals surface area contributed by atoms with E-state index in [4.69, 9.17) is 10.1 Å².